The summed E-state index contributed by atoms with van der Waals surface area (Å²) in [5, 5.41) is 9.03. The van der Waals surface area contributed by atoms with E-state index in [1.165, 1.54) is 0 Å². The van der Waals surface area contributed by atoms with Crippen LogP contribution in [0, 0.1) is 5.92 Å². The Balaban J connectivity index is 0.000000184. The Kier molecular flexibility index (Phi) is 5.34. The molecule has 3 unspecified atom stereocenters. The fourth-order valence-corrected chi connectivity index (χ4v) is 1.83. The molecule has 0 spiro atoms. The van der Waals surface area contributed by atoms with E-state index in [-0.39, 0.29) is 23.6 Å². The number of carbonyl (C=O) groups excluding carboxylic acids is 2. The van der Waals surface area contributed by atoms with Gasteiger partial charge in [0.2, 0.25) is 11.5 Å². The second kappa shape index (κ2) is 6.54. The maximum atomic E-state index is 10.8. The van der Waals surface area contributed by atoms with Gasteiger partial charge in [-0.05, 0) is 20.3 Å². The molecule has 0 radical (unpaired) electrons. The number of allylic oxidation sites excluding steroid dienone is 1. The first-order valence-electron chi connectivity index (χ1n) is 6.21. The molecule has 2 aliphatic heterocycles. The van der Waals surface area contributed by atoms with Gasteiger partial charge in [-0.15, -0.1) is 0 Å². The van der Waals surface area contributed by atoms with Crippen LogP contribution in [-0.2, 0) is 19.1 Å². The zero-order chi connectivity index (χ0) is 13.7. The topological polar surface area (TPSA) is 72.8 Å². The highest BCUT2D eigenvalue weighted by molar-refractivity contribution is 5.98. The minimum Gasteiger partial charge on any atom is -0.502 e. The summed E-state index contributed by atoms with van der Waals surface area (Å²) < 4.78 is 10.1. The van der Waals surface area contributed by atoms with Crippen LogP contribution in [0.5, 0.6) is 0 Å². The van der Waals surface area contributed by atoms with Crippen molar-refractivity contribution in [2.45, 2.75) is 45.8 Å². The minimum atomic E-state index is -0.491. The van der Waals surface area contributed by atoms with E-state index in [1.54, 1.807) is 6.92 Å². The molecule has 0 aliphatic carbocycles. The average Bonchev–Trinajstić information content (AvgIpc) is 2.89. The molecule has 0 aromatic carbocycles. The number of carbonyl (C=O) groups is 2. The third-order valence-corrected chi connectivity index (χ3v) is 3.12. The lowest BCUT2D eigenvalue weighted by Crippen LogP contribution is -2.12. The van der Waals surface area contributed by atoms with Crippen LogP contribution in [0.3, 0.4) is 0 Å². The van der Waals surface area contributed by atoms with Crippen LogP contribution in [-0.4, -0.2) is 36.0 Å². The maximum Gasteiger partial charge on any atom is 0.240 e. The number of rotatable bonds is 2. The van der Waals surface area contributed by atoms with Crippen LogP contribution in [0.4, 0.5) is 0 Å². The summed E-state index contributed by atoms with van der Waals surface area (Å²) >= 11 is 0. The highest BCUT2D eigenvalue weighted by Crippen LogP contribution is 2.21. The van der Waals surface area contributed by atoms with E-state index in [0.29, 0.717) is 12.2 Å². The molecule has 2 heterocycles. The molecule has 0 aromatic rings. The van der Waals surface area contributed by atoms with Gasteiger partial charge in [0, 0.05) is 18.9 Å². The molecule has 102 valence electrons. The fourth-order valence-electron chi connectivity index (χ4n) is 1.83. The standard InChI is InChI=1S/C7H10O3.C6H10O2/c1-3-5-7(9)6(8)4(2)10-5;1-5-6(4-7)2-3-8-5/h4,9H,3H2,1-2H3;4-6H,2-3H2,1H3. The highest BCUT2D eigenvalue weighted by Gasteiger charge is 2.30. The molecule has 0 bridgehead atoms. The van der Waals surface area contributed by atoms with Gasteiger partial charge in [-0.2, -0.15) is 0 Å². The third-order valence-electron chi connectivity index (χ3n) is 3.12. The molecule has 0 saturated carbocycles. The number of ether oxygens (including phenoxy) is 2. The van der Waals surface area contributed by atoms with Crippen molar-refractivity contribution in [1.82, 2.24) is 0 Å². The van der Waals surface area contributed by atoms with Crippen molar-refractivity contribution in [3.8, 4) is 0 Å². The number of ketones is 1. The normalized spacial score (nSPS) is 30.8. The second-order valence-corrected chi connectivity index (χ2v) is 4.41. The van der Waals surface area contributed by atoms with Gasteiger partial charge < -0.3 is 19.4 Å². The average molecular weight is 256 g/mol. The monoisotopic (exact) mass is 256 g/mol. The molecule has 1 fully saturated rings. The van der Waals surface area contributed by atoms with E-state index < -0.39 is 6.10 Å². The molecule has 5 nitrogen and oxygen atoms in total. The van der Waals surface area contributed by atoms with Gasteiger partial charge in [-0.3, -0.25) is 4.79 Å². The third kappa shape index (κ3) is 3.32. The number of hydrogen-bond donors (Lipinski definition) is 1. The predicted molar refractivity (Wildman–Crippen MR) is 65.1 cm³/mol. The molecule has 1 saturated heterocycles. The summed E-state index contributed by atoms with van der Waals surface area (Å²) in [7, 11) is 0. The number of aliphatic hydroxyl groups is 1. The molecular weight excluding hydrogens is 236 g/mol. The van der Waals surface area contributed by atoms with Crippen LogP contribution in [0.2, 0.25) is 0 Å². The van der Waals surface area contributed by atoms with Crippen LogP contribution in [0.15, 0.2) is 11.5 Å². The molecule has 0 amide bonds. The summed E-state index contributed by atoms with van der Waals surface area (Å²) in [6.07, 6.45) is 2.13. The van der Waals surface area contributed by atoms with Crippen molar-refractivity contribution in [2.24, 2.45) is 5.92 Å². The van der Waals surface area contributed by atoms with E-state index in [1.807, 2.05) is 13.8 Å². The predicted octanol–water partition coefficient (Wildman–Crippen LogP) is 1.76. The van der Waals surface area contributed by atoms with Gasteiger partial charge in [0.05, 0.1) is 6.10 Å². The zero-order valence-electron chi connectivity index (χ0n) is 11.0. The van der Waals surface area contributed by atoms with E-state index in [9.17, 15) is 9.59 Å². The van der Waals surface area contributed by atoms with Gasteiger partial charge in [-0.1, -0.05) is 6.92 Å². The molecule has 1 N–H and O–H groups in total. The highest BCUT2D eigenvalue weighted by atomic mass is 16.5. The molecule has 2 rings (SSSR count). The number of aliphatic hydroxyl groups excluding tert-OH is 1. The quantitative estimate of drug-likeness (QED) is 0.762. The summed E-state index contributed by atoms with van der Waals surface area (Å²) in [6, 6.07) is 0. The number of Topliss-reactive ketones (excluding diaryl/α,β-unsaturated/α-hetero) is 1. The zero-order valence-corrected chi connectivity index (χ0v) is 11.0. The van der Waals surface area contributed by atoms with Crippen molar-refractivity contribution >= 4 is 12.1 Å². The van der Waals surface area contributed by atoms with Crippen LogP contribution >= 0.6 is 0 Å². The Morgan fingerprint density at radius 2 is 2.11 bits per heavy atom. The first-order valence-corrected chi connectivity index (χ1v) is 6.21. The maximum absolute atomic E-state index is 10.8. The van der Waals surface area contributed by atoms with Crippen LogP contribution < -0.4 is 0 Å². The Morgan fingerprint density at radius 1 is 1.44 bits per heavy atom. The molecule has 2 aliphatic rings. The Bertz CT molecular complexity index is 347. The lowest BCUT2D eigenvalue weighted by atomic mass is 10.1. The SMILES string of the molecule is CC1OCCC1C=O.CCC1=C(O)C(=O)C(C)O1. The molecule has 3 atom stereocenters. The molecule has 18 heavy (non-hydrogen) atoms. The van der Waals surface area contributed by atoms with Crippen LogP contribution in [0.1, 0.15) is 33.6 Å². The van der Waals surface area contributed by atoms with Crippen molar-refractivity contribution in [1.29, 1.82) is 0 Å². The first kappa shape index (κ1) is 14.7. The van der Waals surface area contributed by atoms with Crippen LogP contribution in [0.25, 0.3) is 0 Å². The van der Waals surface area contributed by atoms with E-state index in [0.717, 1.165) is 19.3 Å². The number of hydrogen-bond acceptors (Lipinski definition) is 5. The van der Waals surface area contributed by atoms with E-state index in [2.05, 4.69) is 0 Å². The lowest BCUT2D eigenvalue weighted by molar-refractivity contribution is -0.122. The van der Waals surface area contributed by atoms with E-state index in [4.69, 9.17) is 14.6 Å². The van der Waals surface area contributed by atoms with Crippen molar-refractivity contribution in [3.63, 3.8) is 0 Å². The fraction of sp³-hybridized carbons (Fsp3) is 0.692. The molecule has 0 aromatic heterocycles. The summed E-state index contributed by atoms with van der Waals surface area (Å²) in [5.74, 6) is 0.0688. The van der Waals surface area contributed by atoms with Crippen molar-refractivity contribution in [3.05, 3.63) is 11.5 Å². The van der Waals surface area contributed by atoms with Crippen molar-refractivity contribution in [2.75, 3.05) is 6.61 Å². The molecule has 5 heteroatoms. The number of aldehydes is 1. The van der Waals surface area contributed by atoms with Gasteiger partial charge in [0.15, 0.2) is 6.10 Å². The van der Waals surface area contributed by atoms with Gasteiger partial charge in [0.1, 0.15) is 12.0 Å². The largest absolute Gasteiger partial charge is 0.502 e. The Labute approximate surface area is 107 Å². The smallest absolute Gasteiger partial charge is 0.240 e. The Hall–Kier alpha value is -1.36. The van der Waals surface area contributed by atoms with Gasteiger partial charge in [0.25, 0.3) is 0 Å². The summed E-state index contributed by atoms with van der Waals surface area (Å²) in [4.78, 5) is 21.0. The van der Waals surface area contributed by atoms with Gasteiger partial charge in [-0.25, -0.2) is 0 Å². The Morgan fingerprint density at radius 3 is 2.33 bits per heavy atom. The lowest BCUT2D eigenvalue weighted by Gasteiger charge is -2.03. The summed E-state index contributed by atoms with van der Waals surface area (Å²) in [5.41, 5.74) is 0. The summed E-state index contributed by atoms with van der Waals surface area (Å²) in [6.45, 7) is 6.15. The van der Waals surface area contributed by atoms with Crippen molar-refractivity contribution < 1.29 is 24.2 Å². The second-order valence-electron chi connectivity index (χ2n) is 4.41. The van der Waals surface area contributed by atoms with E-state index >= 15 is 0 Å². The molecular formula is C13H20O5. The first-order chi connectivity index (χ1) is 8.51. The van der Waals surface area contributed by atoms with Gasteiger partial charge >= 0.3 is 0 Å². The minimum absolute atomic E-state index is 0.160.